The van der Waals surface area contributed by atoms with Crippen LogP contribution in [0.5, 0.6) is 5.75 Å². The molecular formula is C25H25ClN6O4. The average molecular weight is 509 g/mol. The highest BCUT2D eigenvalue weighted by Gasteiger charge is 2.24. The molecule has 0 aliphatic carbocycles. The van der Waals surface area contributed by atoms with Crippen LogP contribution in [0.2, 0.25) is 5.02 Å². The Hall–Kier alpha value is -4.05. The highest BCUT2D eigenvalue weighted by Crippen LogP contribution is 2.30. The molecule has 3 aromatic rings. The summed E-state index contributed by atoms with van der Waals surface area (Å²) < 4.78 is 5.96. The molecule has 186 valence electrons. The van der Waals surface area contributed by atoms with E-state index in [9.17, 15) is 9.59 Å². The maximum Gasteiger partial charge on any atom is 0.407 e. The fourth-order valence-electron chi connectivity index (χ4n) is 4.24. The van der Waals surface area contributed by atoms with Crippen LogP contribution in [0.4, 0.5) is 27.9 Å². The van der Waals surface area contributed by atoms with Crippen LogP contribution in [-0.4, -0.2) is 69.7 Å². The summed E-state index contributed by atoms with van der Waals surface area (Å²) in [7, 11) is 0. The molecule has 2 aromatic carbocycles. The Morgan fingerprint density at radius 2 is 1.78 bits per heavy atom. The van der Waals surface area contributed by atoms with Gasteiger partial charge in [-0.3, -0.25) is 4.79 Å². The lowest BCUT2D eigenvalue weighted by molar-refractivity contribution is -0.134. The molecule has 2 aliphatic heterocycles. The van der Waals surface area contributed by atoms with Crippen LogP contribution in [-0.2, 0) is 17.6 Å². The first-order valence-electron chi connectivity index (χ1n) is 11.6. The van der Waals surface area contributed by atoms with E-state index in [1.54, 1.807) is 11.1 Å². The van der Waals surface area contributed by atoms with Gasteiger partial charge in [-0.05, 0) is 54.3 Å². The third-order valence-corrected chi connectivity index (χ3v) is 6.46. The second-order valence-corrected chi connectivity index (χ2v) is 9.01. The van der Waals surface area contributed by atoms with Crippen molar-refractivity contribution in [1.29, 1.82) is 0 Å². The van der Waals surface area contributed by atoms with E-state index in [0.29, 0.717) is 55.1 Å². The van der Waals surface area contributed by atoms with Crippen LogP contribution >= 0.6 is 11.6 Å². The summed E-state index contributed by atoms with van der Waals surface area (Å²) in [5.41, 5.74) is 3.72. The van der Waals surface area contributed by atoms with Gasteiger partial charge in [0.2, 0.25) is 5.95 Å². The summed E-state index contributed by atoms with van der Waals surface area (Å²) >= 11 is 6.33. The number of rotatable bonds is 3. The topological polar surface area (TPSA) is 120 Å². The van der Waals surface area contributed by atoms with Crippen molar-refractivity contribution in [1.82, 2.24) is 19.8 Å². The van der Waals surface area contributed by atoms with Crippen molar-refractivity contribution < 1.29 is 19.4 Å². The number of nitrogens with one attached hydrogen (secondary N) is 2. The molecule has 2 aliphatic rings. The molecular weight excluding hydrogens is 484 g/mol. The molecule has 36 heavy (non-hydrogen) atoms. The van der Waals surface area contributed by atoms with E-state index in [1.807, 2.05) is 36.4 Å². The first-order valence-corrected chi connectivity index (χ1v) is 12.0. The number of fused-ring (bicyclic) bond motifs is 6. The average Bonchev–Trinajstić information content (AvgIpc) is 2.89. The quantitative estimate of drug-likeness (QED) is 0.487. The molecule has 0 radical (unpaired) electrons. The largest absolute Gasteiger partial charge is 0.483 e. The van der Waals surface area contributed by atoms with E-state index in [0.717, 1.165) is 28.9 Å². The van der Waals surface area contributed by atoms with Crippen molar-refractivity contribution in [3.8, 4) is 5.75 Å². The summed E-state index contributed by atoms with van der Waals surface area (Å²) in [6.07, 6.45) is 2.03. The number of piperazine rings is 1. The molecule has 6 bridgehead atoms. The third kappa shape index (κ3) is 5.44. The van der Waals surface area contributed by atoms with Crippen molar-refractivity contribution in [2.45, 2.75) is 12.8 Å². The van der Waals surface area contributed by atoms with Gasteiger partial charge in [-0.2, -0.15) is 4.98 Å². The number of benzene rings is 2. The number of hydrogen-bond donors (Lipinski definition) is 3. The predicted octanol–water partition coefficient (Wildman–Crippen LogP) is 3.92. The van der Waals surface area contributed by atoms with E-state index in [2.05, 4.69) is 26.7 Å². The zero-order chi connectivity index (χ0) is 25.1. The highest BCUT2D eigenvalue weighted by molar-refractivity contribution is 6.32. The summed E-state index contributed by atoms with van der Waals surface area (Å²) in [5, 5.41) is 16.0. The number of amides is 2. The number of halogens is 1. The number of anilines is 4. The summed E-state index contributed by atoms with van der Waals surface area (Å²) in [6, 6.07) is 13.7. The van der Waals surface area contributed by atoms with E-state index in [1.165, 1.54) is 4.90 Å². The van der Waals surface area contributed by atoms with Gasteiger partial charge < -0.3 is 30.3 Å². The zero-order valence-corrected chi connectivity index (χ0v) is 20.2. The van der Waals surface area contributed by atoms with Gasteiger partial charge in [0.05, 0.1) is 6.20 Å². The van der Waals surface area contributed by atoms with Gasteiger partial charge in [-0.25, -0.2) is 9.78 Å². The molecule has 1 aromatic heterocycles. The number of carboxylic acid groups (broad SMARTS) is 1. The molecule has 2 amide bonds. The standard InChI is InChI=1S/C25H25ClN6O4/c26-20-14-27-24-29-18-3-1-2-16(12-18)4-5-17-13-19(28-23(20)30-24)6-7-21(17)36-15-22(33)31-8-10-32(11-9-31)25(34)35/h1-3,6-7,12-14H,4-5,8-11,15H2,(H,34,35)(H2,27,28,29,30). The number of nitrogens with zero attached hydrogens (tertiary/aromatic N) is 4. The van der Waals surface area contributed by atoms with Crippen molar-refractivity contribution in [2.24, 2.45) is 0 Å². The number of hydrogen-bond acceptors (Lipinski definition) is 7. The van der Waals surface area contributed by atoms with Crippen LogP contribution in [0.15, 0.2) is 48.7 Å². The van der Waals surface area contributed by atoms with Crippen molar-refractivity contribution in [2.75, 3.05) is 43.4 Å². The van der Waals surface area contributed by atoms with Crippen molar-refractivity contribution in [3.05, 3.63) is 64.8 Å². The zero-order valence-electron chi connectivity index (χ0n) is 19.4. The van der Waals surface area contributed by atoms with Crippen LogP contribution in [0.25, 0.3) is 0 Å². The highest BCUT2D eigenvalue weighted by atomic mass is 35.5. The van der Waals surface area contributed by atoms with Gasteiger partial charge in [-0.15, -0.1) is 0 Å². The Morgan fingerprint density at radius 3 is 2.58 bits per heavy atom. The number of ether oxygens (including phenoxy) is 1. The first-order chi connectivity index (χ1) is 17.4. The van der Waals surface area contributed by atoms with Crippen molar-refractivity contribution >= 4 is 46.7 Å². The van der Waals surface area contributed by atoms with E-state index >= 15 is 0 Å². The van der Waals surface area contributed by atoms with Gasteiger partial charge in [0.1, 0.15) is 10.8 Å². The van der Waals surface area contributed by atoms with E-state index in [4.69, 9.17) is 21.4 Å². The third-order valence-electron chi connectivity index (χ3n) is 6.19. The minimum absolute atomic E-state index is 0.118. The molecule has 0 atom stereocenters. The molecule has 0 spiro atoms. The van der Waals surface area contributed by atoms with Gasteiger partial charge >= 0.3 is 6.09 Å². The second kappa shape index (κ2) is 10.3. The van der Waals surface area contributed by atoms with Crippen LogP contribution in [0.3, 0.4) is 0 Å². The normalized spacial score (nSPS) is 14.9. The van der Waals surface area contributed by atoms with Crippen LogP contribution < -0.4 is 15.4 Å². The molecule has 10 nitrogen and oxygen atoms in total. The van der Waals surface area contributed by atoms with Crippen molar-refractivity contribution in [3.63, 3.8) is 0 Å². The lowest BCUT2D eigenvalue weighted by Crippen LogP contribution is -2.51. The summed E-state index contributed by atoms with van der Waals surface area (Å²) in [5.74, 6) is 1.36. The molecule has 1 saturated heterocycles. The second-order valence-electron chi connectivity index (χ2n) is 8.60. The summed E-state index contributed by atoms with van der Waals surface area (Å²) in [4.78, 5) is 35.5. The number of aromatic nitrogens is 2. The summed E-state index contributed by atoms with van der Waals surface area (Å²) in [6.45, 7) is 1.20. The molecule has 0 unspecified atom stereocenters. The Kier molecular flexibility index (Phi) is 6.77. The number of carbonyl (C=O) groups is 2. The molecule has 5 rings (SSSR count). The SMILES string of the molecule is O=C(O)N1CCN(C(=O)COc2ccc3cc2CCc2cccc(c2)Nc2ncc(Cl)c(n2)N3)CC1. The van der Waals surface area contributed by atoms with E-state index < -0.39 is 6.09 Å². The molecule has 11 heteroatoms. The molecule has 0 saturated carbocycles. The maximum atomic E-state index is 12.7. The van der Waals surface area contributed by atoms with Crippen LogP contribution in [0.1, 0.15) is 11.1 Å². The Balaban J connectivity index is 1.35. The minimum atomic E-state index is -0.965. The maximum absolute atomic E-state index is 12.7. The monoisotopic (exact) mass is 508 g/mol. The Morgan fingerprint density at radius 1 is 1.00 bits per heavy atom. The number of carbonyl (C=O) groups excluding carboxylic acids is 1. The smallest absolute Gasteiger partial charge is 0.407 e. The van der Waals surface area contributed by atoms with E-state index in [-0.39, 0.29) is 12.5 Å². The van der Waals surface area contributed by atoms with Gasteiger partial charge in [-0.1, -0.05) is 23.7 Å². The lowest BCUT2D eigenvalue weighted by atomic mass is 10.0. The minimum Gasteiger partial charge on any atom is -0.483 e. The molecule has 1 fully saturated rings. The fourth-order valence-corrected chi connectivity index (χ4v) is 4.37. The molecule has 3 N–H and O–H groups in total. The number of aryl methyl sites for hydroxylation is 2. The lowest BCUT2D eigenvalue weighted by Gasteiger charge is -2.33. The van der Waals surface area contributed by atoms with Gasteiger partial charge in [0.15, 0.2) is 12.4 Å². The first kappa shape index (κ1) is 23.7. The van der Waals surface area contributed by atoms with Crippen LogP contribution in [0, 0.1) is 0 Å². The Bertz CT molecular complexity index is 1300. The van der Waals surface area contributed by atoms with Gasteiger partial charge in [0.25, 0.3) is 5.91 Å². The fraction of sp³-hybridized carbons (Fsp3) is 0.280. The predicted molar refractivity (Wildman–Crippen MR) is 136 cm³/mol. The van der Waals surface area contributed by atoms with Gasteiger partial charge in [0, 0.05) is 37.6 Å². The molecule has 3 heterocycles. The Labute approximate surface area is 212 Å².